The Kier molecular flexibility index (Phi) is 4.55. The first kappa shape index (κ1) is 14.4. The molecule has 0 aliphatic carbocycles. The Labute approximate surface area is 103 Å². The van der Waals surface area contributed by atoms with Crippen molar-refractivity contribution >= 4 is 15.7 Å². The van der Waals surface area contributed by atoms with Crippen molar-refractivity contribution in [3.8, 4) is 0 Å². The summed E-state index contributed by atoms with van der Waals surface area (Å²) in [4.78, 5) is 13.6. The third-order valence-electron chi connectivity index (χ3n) is 3.65. The minimum Gasteiger partial charge on any atom is -0.340 e. The fourth-order valence-electron chi connectivity index (χ4n) is 1.99. The van der Waals surface area contributed by atoms with Crippen molar-refractivity contribution in [2.75, 3.05) is 18.6 Å². The molecule has 5 nitrogen and oxygen atoms in total. The lowest BCUT2D eigenvalue weighted by atomic mass is 9.98. The number of sulfone groups is 1. The van der Waals surface area contributed by atoms with Crippen LogP contribution >= 0.6 is 0 Å². The minimum atomic E-state index is -2.96. The number of nitrogens with zero attached hydrogens (tertiary/aromatic N) is 1. The summed E-state index contributed by atoms with van der Waals surface area (Å²) in [5.74, 6) is 0.209. The first-order chi connectivity index (χ1) is 7.78. The third kappa shape index (κ3) is 3.42. The monoisotopic (exact) mass is 262 g/mol. The van der Waals surface area contributed by atoms with Crippen molar-refractivity contribution < 1.29 is 13.2 Å². The van der Waals surface area contributed by atoms with Gasteiger partial charge >= 0.3 is 0 Å². The highest BCUT2D eigenvalue weighted by Crippen LogP contribution is 2.18. The maximum absolute atomic E-state index is 12.0. The predicted molar refractivity (Wildman–Crippen MR) is 67.3 cm³/mol. The van der Waals surface area contributed by atoms with E-state index in [1.54, 1.807) is 7.05 Å². The van der Waals surface area contributed by atoms with Gasteiger partial charge in [-0.25, -0.2) is 8.42 Å². The van der Waals surface area contributed by atoms with Crippen molar-refractivity contribution in [2.24, 2.45) is 11.7 Å². The van der Waals surface area contributed by atoms with E-state index < -0.39 is 15.9 Å². The molecule has 0 saturated carbocycles. The summed E-state index contributed by atoms with van der Waals surface area (Å²) in [5, 5.41) is 0. The maximum Gasteiger partial charge on any atom is 0.239 e. The number of rotatable bonds is 4. The van der Waals surface area contributed by atoms with E-state index in [2.05, 4.69) is 0 Å². The number of hydrogen-bond acceptors (Lipinski definition) is 4. The van der Waals surface area contributed by atoms with Crippen LogP contribution in [0.15, 0.2) is 0 Å². The Morgan fingerprint density at radius 2 is 2.12 bits per heavy atom. The van der Waals surface area contributed by atoms with Gasteiger partial charge < -0.3 is 10.6 Å². The van der Waals surface area contributed by atoms with Crippen LogP contribution in [0.4, 0.5) is 0 Å². The molecule has 6 heteroatoms. The third-order valence-corrected chi connectivity index (χ3v) is 5.40. The quantitative estimate of drug-likeness (QED) is 0.773. The van der Waals surface area contributed by atoms with Crippen LogP contribution in [0.3, 0.4) is 0 Å². The summed E-state index contributed by atoms with van der Waals surface area (Å²) in [5.41, 5.74) is 5.87. The Balaban J connectivity index is 2.65. The topological polar surface area (TPSA) is 80.5 Å². The van der Waals surface area contributed by atoms with E-state index in [1.165, 1.54) is 4.90 Å². The Morgan fingerprint density at radius 3 is 2.53 bits per heavy atom. The molecule has 1 aliphatic rings. The SMILES string of the molecule is CC[C@H](C)[C@H](N)C(=O)N(C)C1CCS(=O)(=O)C1. The van der Waals surface area contributed by atoms with E-state index in [0.717, 1.165) is 6.42 Å². The molecule has 1 amide bonds. The van der Waals surface area contributed by atoms with Gasteiger partial charge in [0, 0.05) is 13.1 Å². The summed E-state index contributed by atoms with van der Waals surface area (Å²) >= 11 is 0. The second kappa shape index (κ2) is 5.35. The molecule has 1 heterocycles. The van der Waals surface area contributed by atoms with Gasteiger partial charge in [0.1, 0.15) is 0 Å². The van der Waals surface area contributed by atoms with E-state index in [4.69, 9.17) is 5.73 Å². The lowest BCUT2D eigenvalue weighted by molar-refractivity contribution is -0.134. The van der Waals surface area contributed by atoms with Crippen LogP contribution in [-0.4, -0.2) is 49.9 Å². The zero-order chi connectivity index (χ0) is 13.2. The highest BCUT2D eigenvalue weighted by Gasteiger charge is 2.34. The van der Waals surface area contributed by atoms with Crippen LogP contribution in [0.1, 0.15) is 26.7 Å². The van der Waals surface area contributed by atoms with Crippen molar-refractivity contribution in [2.45, 2.75) is 38.8 Å². The van der Waals surface area contributed by atoms with Crippen LogP contribution in [0, 0.1) is 5.92 Å². The molecule has 100 valence electrons. The highest BCUT2D eigenvalue weighted by atomic mass is 32.2. The fourth-order valence-corrected chi connectivity index (χ4v) is 3.77. The Morgan fingerprint density at radius 1 is 1.53 bits per heavy atom. The van der Waals surface area contributed by atoms with E-state index in [1.807, 2.05) is 13.8 Å². The van der Waals surface area contributed by atoms with Gasteiger partial charge in [-0.3, -0.25) is 4.79 Å². The summed E-state index contributed by atoms with van der Waals surface area (Å²) in [7, 11) is -1.31. The van der Waals surface area contributed by atoms with Gasteiger partial charge in [-0.05, 0) is 12.3 Å². The Hall–Kier alpha value is -0.620. The summed E-state index contributed by atoms with van der Waals surface area (Å²) in [6, 6.07) is -0.740. The van der Waals surface area contributed by atoms with E-state index in [9.17, 15) is 13.2 Å². The van der Waals surface area contributed by atoms with Crippen LogP contribution in [-0.2, 0) is 14.6 Å². The molecular formula is C11H22N2O3S. The summed E-state index contributed by atoms with van der Waals surface area (Å²) < 4.78 is 22.7. The number of amides is 1. The number of carbonyl (C=O) groups excluding carboxylic acids is 1. The highest BCUT2D eigenvalue weighted by molar-refractivity contribution is 7.91. The van der Waals surface area contributed by atoms with E-state index in [0.29, 0.717) is 6.42 Å². The van der Waals surface area contributed by atoms with Crippen LogP contribution in [0.5, 0.6) is 0 Å². The first-order valence-corrected chi connectivity index (χ1v) is 7.83. The molecule has 1 fully saturated rings. The van der Waals surface area contributed by atoms with E-state index in [-0.39, 0.29) is 29.4 Å². The molecule has 1 unspecified atom stereocenters. The van der Waals surface area contributed by atoms with Crippen LogP contribution in [0.25, 0.3) is 0 Å². The zero-order valence-corrected chi connectivity index (χ0v) is 11.5. The second-order valence-corrected chi connectivity index (χ2v) is 7.15. The smallest absolute Gasteiger partial charge is 0.239 e. The first-order valence-electron chi connectivity index (χ1n) is 6.01. The van der Waals surface area contributed by atoms with Crippen molar-refractivity contribution in [1.29, 1.82) is 0 Å². The molecule has 0 bridgehead atoms. The van der Waals surface area contributed by atoms with Crippen LogP contribution in [0.2, 0.25) is 0 Å². The van der Waals surface area contributed by atoms with Gasteiger partial charge in [-0.2, -0.15) is 0 Å². The molecule has 1 aliphatic heterocycles. The largest absolute Gasteiger partial charge is 0.340 e. The van der Waals surface area contributed by atoms with Gasteiger partial charge in [0.05, 0.1) is 17.5 Å². The lowest BCUT2D eigenvalue weighted by Gasteiger charge is -2.28. The van der Waals surface area contributed by atoms with Gasteiger partial charge in [0.25, 0.3) is 0 Å². The summed E-state index contributed by atoms with van der Waals surface area (Å²) in [6.45, 7) is 3.92. The number of nitrogens with two attached hydrogens (primary N) is 1. The lowest BCUT2D eigenvalue weighted by Crippen LogP contribution is -2.49. The fraction of sp³-hybridized carbons (Fsp3) is 0.909. The standard InChI is InChI=1S/C11H22N2O3S/c1-4-8(2)10(12)11(14)13(3)9-5-6-17(15,16)7-9/h8-10H,4-7,12H2,1-3H3/t8-,9?,10-/m0/s1. The van der Waals surface area contributed by atoms with Gasteiger partial charge in [0.15, 0.2) is 9.84 Å². The van der Waals surface area contributed by atoms with Crippen molar-refractivity contribution in [1.82, 2.24) is 4.90 Å². The molecular weight excluding hydrogens is 240 g/mol. The van der Waals surface area contributed by atoms with Crippen molar-refractivity contribution in [3.63, 3.8) is 0 Å². The molecule has 0 aromatic rings. The Bertz CT molecular complexity index is 380. The molecule has 0 aromatic heterocycles. The molecule has 0 spiro atoms. The average molecular weight is 262 g/mol. The predicted octanol–water partition coefficient (Wildman–Crippen LogP) is 0.00530. The average Bonchev–Trinajstić information content (AvgIpc) is 2.65. The zero-order valence-electron chi connectivity index (χ0n) is 10.7. The second-order valence-electron chi connectivity index (χ2n) is 4.92. The maximum atomic E-state index is 12.0. The molecule has 0 radical (unpaired) electrons. The van der Waals surface area contributed by atoms with E-state index >= 15 is 0 Å². The molecule has 2 N–H and O–H groups in total. The molecule has 17 heavy (non-hydrogen) atoms. The molecule has 0 aromatic carbocycles. The molecule has 1 rings (SSSR count). The van der Waals surface area contributed by atoms with Gasteiger partial charge in [-0.15, -0.1) is 0 Å². The summed E-state index contributed by atoms with van der Waals surface area (Å²) in [6.07, 6.45) is 1.36. The van der Waals surface area contributed by atoms with Gasteiger partial charge in [0.2, 0.25) is 5.91 Å². The van der Waals surface area contributed by atoms with Crippen LogP contribution < -0.4 is 5.73 Å². The molecule has 3 atom stereocenters. The number of carbonyl (C=O) groups is 1. The number of likely N-dealkylation sites (N-methyl/N-ethyl adjacent to an activating group) is 1. The molecule has 1 saturated heterocycles. The van der Waals surface area contributed by atoms with Gasteiger partial charge in [-0.1, -0.05) is 20.3 Å². The minimum absolute atomic E-state index is 0.0719. The van der Waals surface area contributed by atoms with Crippen molar-refractivity contribution in [3.05, 3.63) is 0 Å². The normalized spacial score (nSPS) is 26.5. The number of hydrogen-bond donors (Lipinski definition) is 1.